The minimum absolute atomic E-state index is 0.943. The van der Waals surface area contributed by atoms with E-state index in [0.29, 0.717) is 0 Å². The Morgan fingerprint density at radius 2 is 2.14 bits per heavy atom. The summed E-state index contributed by atoms with van der Waals surface area (Å²) in [5, 5.41) is 4.84. The van der Waals surface area contributed by atoms with Gasteiger partial charge >= 0.3 is 0 Å². The minimum atomic E-state index is 0.943. The first-order valence-corrected chi connectivity index (χ1v) is 8.07. The summed E-state index contributed by atoms with van der Waals surface area (Å²) in [6.07, 6.45) is 1.08. The van der Waals surface area contributed by atoms with Crippen molar-refractivity contribution in [2.24, 2.45) is 0 Å². The van der Waals surface area contributed by atoms with Crippen molar-refractivity contribution in [2.75, 3.05) is 19.6 Å². The van der Waals surface area contributed by atoms with E-state index >= 15 is 0 Å². The van der Waals surface area contributed by atoms with Gasteiger partial charge in [-0.05, 0) is 43.3 Å². The van der Waals surface area contributed by atoms with Crippen molar-refractivity contribution < 1.29 is 0 Å². The highest BCUT2D eigenvalue weighted by atomic mass is 15.1. The molecule has 0 bridgehead atoms. The lowest BCUT2D eigenvalue weighted by atomic mass is 9.95. The Bertz CT molecular complexity index is 648. The molecule has 3 rings (SSSR count). The molecular formula is C18H25N3. The molecule has 1 aliphatic rings. The monoisotopic (exact) mass is 283 g/mol. The second kappa shape index (κ2) is 6.12. The maximum Gasteiger partial charge on any atom is 0.0708 e. The Kier molecular flexibility index (Phi) is 4.22. The Morgan fingerprint density at radius 3 is 2.90 bits per heavy atom. The lowest BCUT2D eigenvalue weighted by molar-refractivity contribution is 0.265. The maximum absolute atomic E-state index is 4.94. The first-order valence-electron chi connectivity index (χ1n) is 8.07. The number of nitrogens with zero attached hydrogens (tertiary/aromatic N) is 2. The molecule has 3 heteroatoms. The SMILES string of the molecule is CCNCc1c2c(nc3ccc(C)cc13)CCN(CC)C2. The predicted octanol–water partition coefficient (Wildman–Crippen LogP) is 3.03. The number of aryl methyl sites for hydroxylation is 1. The summed E-state index contributed by atoms with van der Waals surface area (Å²) in [6, 6.07) is 6.63. The number of hydrogen-bond donors (Lipinski definition) is 1. The average Bonchev–Trinajstić information content (AvgIpc) is 2.51. The topological polar surface area (TPSA) is 28.2 Å². The number of rotatable bonds is 4. The molecular weight excluding hydrogens is 258 g/mol. The van der Waals surface area contributed by atoms with Crippen molar-refractivity contribution in [3.63, 3.8) is 0 Å². The molecule has 2 aromatic rings. The summed E-state index contributed by atoms with van der Waals surface area (Å²) in [6.45, 7) is 11.8. The fourth-order valence-electron chi connectivity index (χ4n) is 3.22. The smallest absolute Gasteiger partial charge is 0.0708 e. The highest BCUT2D eigenvalue weighted by molar-refractivity contribution is 5.84. The Labute approximate surface area is 127 Å². The van der Waals surface area contributed by atoms with E-state index in [9.17, 15) is 0 Å². The molecule has 1 N–H and O–H groups in total. The van der Waals surface area contributed by atoms with Crippen molar-refractivity contribution in [1.82, 2.24) is 15.2 Å². The third kappa shape index (κ3) is 2.81. The van der Waals surface area contributed by atoms with E-state index in [0.717, 1.165) is 44.7 Å². The molecule has 21 heavy (non-hydrogen) atoms. The predicted molar refractivity (Wildman–Crippen MR) is 88.5 cm³/mol. The van der Waals surface area contributed by atoms with Gasteiger partial charge in [0, 0.05) is 37.1 Å². The van der Waals surface area contributed by atoms with Gasteiger partial charge < -0.3 is 5.32 Å². The van der Waals surface area contributed by atoms with E-state index in [1.165, 1.54) is 27.8 Å². The van der Waals surface area contributed by atoms with E-state index < -0.39 is 0 Å². The molecule has 0 aliphatic carbocycles. The van der Waals surface area contributed by atoms with Gasteiger partial charge in [0.25, 0.3) is 0 Å². The van der Waals surface area contributed by atoms with Crippen molar-refractivity contribution in [2.45, 2.75) is 40.3 Å². The highest BCUT2D eigenvalue weighted by Gasteiger charge is 2.21. The molecule has 1 aromatic carbocycles. The van der Waals surface area contributed by atoms with E-state index in [1.54, 1.807) is 0 Å². The molecule has 112 valence electrons. The molecule has 0 saturated carbocycles. The van der Waals surface area contributed by atoms with Crippen LogP contribution in [-0.4, -0.2) is 29.5 Å². The van der Waals surface area contributed by atoms with Crippen LogP contribution in [0.1, 0.15) is 36.2 Å². The number of aromatic nitrogens is 1. The van der Waals surface area contributed by atoms with Crippen molar-refractivity contribution in [3.05, 3.63) is 40.6 Å². The third-order valence-electron chi connectivity index (χ3n) is 4.49. The zero-order valence-electron chi connectivity index (χ0n) is 13.4. The molecule has 2 heterocycles. The van der Waals surface area contributed by atoms with E-state index in [1.807, 2.05) is 0 Å². The first kappa shape index (κ1) is 14.5. The second-order valence-electron chi connectivity index (χ2n) is 5.94. The number of benzene rings is 1. The standard InChI is InChI=1S/C18H25N3/c1-4-19-11-15-14-10-13(3)6-7-17(14)20-18-8-9-21(5-2)12-16(15)18/h6-7,10,19H,4-5,8-9,11-12H2,1-3H3. The third-order valence-corrected chi connectivity index (χ3v) is 4.49. The van der Waals surface area contributed by atoms with Gasteiger partial charge in [-0.2, -0.15) is 0 Å². The van der Waals surface area contributed by atoms with Gasteiger partial charge in [0.05, 0.1) is 5.52 Å². The Hall–Kier alpha value is -1.45. The van der Waals surface area contributed by atoms with Gasteiger partial charge in [-0.15, -0.1) is 0 Å². The van der Waals surface area contributed by atoms with Crippen molar-refractivity contribution in [1.29, 1.82) is 0 Å². The average molecular weight is 283 g/mol. The van der Waals surface area contributed by atoms with Crippen LogP contribution in [0.5, 0.6) is 0 Å². The number of pyridine rings is 1. The number of fused-ring (bicyclic) bond motifs is 2. The molecule has 1 aromatic heterocycles. The van der Waals surface area contributed by atoms with Gasteiger partial charge in [0.2, 0.25) is 0 Å². The normalized spacial score (nSPS) is 15.4. The second-order valence-corrected chi connectivity index (χ2v) is 5.94. The van der Waals surface area contributed by atoms with Gasteiger partial charge in [-0.25, -0.2) is 0 Å². The molecule has 3 nitrogen and oxygen atoms in total. The van der Waals surface area contributed by atoms with Crippen LogP contribution < -0.4 is 5.32 Å². The quantitative estimate of drug-likeness (QED) is 0.935. The van der Waals surface area contributed by atoms with Crippen LogP contribution in [0, 0.1) is 6.92 Å². The summed E-state index contributed by atoms with van der Waals surface area (Å²) in [4.78, 5) is 7.45. The van der Waals surface area contributed by atoms with Crippen LogP contribution in [0.4, 0.5) is 0 Å². The van der Waals surface area contributed by atoms with Gasteiger partial charge in [0.1, 0.15) is 0 Å². The molecule has 0 radical (unpaired) electrons. The first-order chi connectivity index (χ1) is 10.2. The van der Waals surface area contributed by atoms with Crippen molar-refractivity contribution in [3.8, 4) is 0 Å². The molecule has 0 amide bonds. The van der Waals surface area contributed by atoms with Crippen LogP contribution in [0.15, 0.2) is 18.2 Å². The number of hydrogen-bond acceptors (Lipinski definition) is 3. The summed E-state index contributed by atoms with van der Waals surface area (Å²) in [7, 11) is 0. The van der Waals surface area contributed by atoms with Gasteiger partial charge in [0.15, 0.2) is 0 Å². The van der Waals surface area contributed by atoms with Gasteiger partial charge in [-0.3, -0.25) is 9.88 Å². The lowest BCUT2D eigenvalue weighted by Gasteiger charge is -2.29. The Balaban J connectivity index is 2.16. The molecule has 1 aliphatic heterocycles. The largest absolute Gasteiger partial charge is 0.313 e. The van der Waals surface area contributed by atoms with E-state index in [-0.39, 0.29) is 0 Å². The molecule has 0 spiro atoms. The summed E-state index contributed by atoms with van der Waals surface area (Å²) >= 11 is 0. The van der Waals surface area contributed by atoms with E-state index in [2.05, 4.69) is 49.2 Å². The fraction of sp³-hybridized carbons (Fsp3) is 0.500. The van der Waals surface area contributed by atoms with Gasteiger partial charge in [-0.1, -0.05) is 25.5 Å². The van der Waals surface area contributed by atoms with Crippen LogP contribution in [-0.2, 0) is 19.5 Å². The summed E-state index contributed by atoms with van der Waals surface area (Å²) in [5.41, 5.74) is 6.69. The highest BCUT2D eigenvalue weighted by Crippen LogP contribution is 2.28. The fourth-order valence-corrected chi connectivity index (χ4v) is 3.22. The molecule has 0 saturated heterocycles. The van der Waals surface area contributed by atoms with Crippen molar-refractivity contribution >= 4 is 10.9 Å². The van der Waals surface area contributed by atoms with Crippen LogP contribution in [0.3, 0.4) is 0 Å². The van der Waals surface area contributed by atoms with Crippen LogP contribution in [0.2, 0.25) is 0 Å². The Morgan fingerprint density at radius 1 is 1.29 bits per heavy atom. The molecule has 0 unspecified atom stereocenters. The summed E-state index contributed by atoms with van der Waals surface area (Å²) < 4.78 is 0. The number of likely N-dealkylation sites (N-methyl/N-ethyl adjacent to an activating group) is 1. The van der Waals surface area contributed by atoms with Crippen LogP contribution in [0.25, 0.3) is 10.9 Å². The minimum Gasteiger partial charge on any atom is -0.313 e. The zero-order chi connectivity index (χ0) is 14.8. The summed E-state index contributed by atoms with van der Waals surface area (Å²) in [5.74, 6) is 0. The maximum atomic E-state index is 4.94. The van der Waals surface area contributed by atoms with Crippen LogP contribution >= 0.6 is 0 Å². The zero-order valence-corrected chi connectivity index (χ0v) is 13.4. The number of nitrogens with one attached hydrogen (secondary N) is 1. The lowest BCUT2D eigenvalue weighted by Crippen LogP contribution is -2.32. The molecule has 0 fully saturated rings. The molecule has 0 atom stereocenters. The van der Waals surface area contributed by atoms with E-state index in [4.69, 9.17) is 4.98 Å².